The van der Waals surface area contributed by atoms with Crippen molar-refractivity contribution in [2.45, 2.75) is 25.8 Å². The number of likely N-dealkylation sites (tertiary alicyclic amines) is 1. The maximum absolute atomic E-state index is 11.2. The zero-order chi connectivity index (χ0) is 10.6. The fraction of sp³-hybridized carbons (Fsp3) is 0.900. The number of amides is 1. The molecule has 0 bridgehead atoms. The molecule has 1 aliphatic heterocycles. The van der Waals surface area contributed by atoms with Crippen molar-refractivity contribution in [1.29, 1.82) is 0 Å². The van der Waals surface area contributed by atoms with Gasteiger partial charge in [-0.3, -0.25) is 9.69 Å². The summed E-state index contributed by atoms with van der Waals surface area (Å²) in [4.78, 5) is 15.2. The summed E-state index contributed by atoms with van der Waals surface area (Å²) in [6, 6.07) is 0.327. The van der Waals surface area contributed by atoms with Crippen LogP contribution >= 0.6 is 0 Å². The predicted octanol–water partition coefficient (Wildman–Crippen LogP) is -0.0786. The summed E-state index contributed by atoms with van der Waals surface area (Å²) in [6.45, 7) is 4.48. The van der Waals surface area contributed by atoms with Crippen molar-refractivity contribution < 1.29 is 9.90 Å². The zero-order valence-electron chi connectivity index (χ0n) is 9.07. The molecule has 1 aliphatic rings. The minimum Gasteiger partial charge on any atom is -0.395 e. The molecule has 82 valence electrons. The Morgan fingerprint density at radius 2 is 2.36 bits per heavy atom. The lowest BCUT2D eigenvalue weighted by Gasteiger charge is -2.36. The Balaban J connectivity index is 2.43. The van der Waals surface area contributed by atoms with Gasteiger partial charge in [0.2, 0.25) is 5.91 Å². The fourth-order valence-corrected chi connectivity index (χ4v) is 1.95. The number of rotatable bonds is 3. The van der Waals surface area contributed by atoms with E-state index in [0.717, 1.165) is 32.5 Å². The first-order valence-corrected chi connectivity index (χ1v) is 5.21. The Morgan fingerprint density at radius 3 is 2.93 bits per heavy atom. The fourth-order valence-electron chi connectivity index (χ4n) is 1.95. The van der Waals surface area contributed by atoms with E-state index < -0.39 is 0 Å². The van der Waals surface area contributed by atoms with Gasteiger partial charge in [0.15, 0.2) is 0 Å². The largest absolute Gasteiger partial charge is 0.395 e. The molecule has 1 amide bonds. The molecule has 1 atom stereocenters. The number of likely N-dealkylation sites (N-methyl/N-ethyl adjacent to an activating group) is 1. The molecule has 0 unspecified atom stereocenters. The van der Waals surface area contributed by atoms with E-state index >= 15 is 0 Å². The summed E-state index contributed by atoms with van der Waals surface area (Å²) in [5.74, 6) is 0.126. The molecule has 14 heavy (non-hydrogen) atoms. The van der Waals surface area contributed by atoms with Crippen molar-refractivity contribution >= 4 is 5.91 Å². The highest BCUT2D eigenvalue weighted by atomic mass is 16.3. The average Bonchev–Trinajstić information content (AvgIpc) is 2.17. The van der Waals surface area contributed by atoms with Gasteiger partial charge in [0.05, 0.1) is 6.61 Å². The van der Waals surface area contributed by atoms with Crippen molar-refractivity contribution in [3.05, 3.63) is 0 Å². The van der Waals surface area contributed by atoms with Gasteiger partial charge < -0.3 is 10.0 Å². The van der Waals surface area contributed by atoms with Crippen LogP contribution in [-0.4, -0.2) is 60.1 Å². The van der Waals surface area contributed by atoms with Crippen molar-refractivity contribution in [2.24, 2.45) is 0 Å². The van der Waals surface area contributed by atoms with Gasteiger partial charge in [-0.1, -0.05) is 0 Å². The molecule has 0 aromatic heterocycles. The summed E-state index contributed by atoms with van der Waals surface area (Å²) < 4.78 is 0. The van der Waals surface area contributed by atoms with Crippen LogP contribution in [0.2, 0.25) is 0 Å². The number of nitrogens with zero attached hydrogens (tertiary/aromatic N) is 2. The van der Waals surface area contributed by atoms with Crippen LogP contribution in [0.3, 0.4) is 0 Å². The second-order valence-corrected chi connectivity index (χ2v) is 3.95. The Hall–Kier alpha value is -0.610. The van der Waals surface area contributed by atoms with E-state index in [0.29, 0.717) is 6.04 Å². The minimum atomic E-state index is 0.126. The summed E-state index contributed by atoms with van der Waals surface area (Å²) >= 11 is 0. The van der Waals surface area contributed by atoms with Gasteiger partial charge in [0.25, 0.3) is 0 Å². The molecule has 0 saturated carbocycles. The molecular formula is C10H20N2O2. The van der Waals surface area contributed by atoms with Crippen LogP contribution in [0.1, 0.15) is 19.8 Å². The van der Waals surface area contributed by atoms with Crippen LogP contribution in [0.25, 0.3) is 0 Å². The maximum Gasteiger partial charge on any atom is 0.219 e. The molecule has 4 heteroatoms. The van der Waals surface area contributed by atoms with Gasteiger partial charge in [0.1, 0.15) is 0 Å². The molecule has 0 spiro atoms. The molecule has 4 nitrogen and oxygen atoms in total. The van der Waals surface area contributed by atoms with E-state index in [1.807, 2.05) is 11.9 Å². The number of carbonyl (C=O) groups excluding carboxylic acids is 1. The van der Waals surface area contributed by atoms with Gasteiger partial charge in [-0.2, -0.15) is 0 Å². The first-order valence-electron chi connectivity index (χ1n) is 5.21. The normalized spacial score (nSPS) is 23.5. The quantitative estimate of drug-likeness (QED) is 0.693. The van der Waals surface area contributed by atoms with Crippen molar-refractivity contribution in [3.63, 3.8) is 0 Å². The lowest BCUT2D eigenvalue weighted by Crippen LogP contribution is -2.48. The topological polar surface area (TPSA) is 43.8 Å². The van der Waals surface area contributed by atoms with Crippen LogP contribution in [0.15, 0.2) is 0 Å². The minimum absolute atomic E-state index is 0.126. The number of aliphatic hydroxyl groups excluding tert-OH is 1. The average molecular weight is 200 g/mol. The monoisotopic (exact) mass is 200 g/mol. The van der Waals surface area contributed by atoms with Crippen LogP contribution in [-0.2, 0) is 4.79 Å². The third-order valence-electron chi connectivity index (χ3n) is 2.94. The summed E-state index contributed by atoms with van der Waals surface area (Å²) in [6.07, 6.45) is 2.19. The van der Waals surface area contributed by atoms with E-state index in [4.69, 9.17) is 5.11 Å². The highest BCUT2D eigenvalue weighted by Gasteiger charge is 2.23. The Morgan fingerprint density at radius 1 is 1.64 bits per heavy atom. The number of piperidine rings is 1. The molecule has 1 saturated heterocycles. The standard InChI is InChI=1S/C10H20N2O2/c1-9(14)11(2)10-4-3-5-12(8-10)6-7-13/h10,13H,3-8H2,1-2H3/t10-/m1/s1. The van der Waals surface area contributed by atoms with E-state index in [2.05, 4.69) is 4.90 Å². The van der Waals surface area contributed by atoms with Gasteiger partial charge in [0, 0.05) is 33.1 Å². The molecule has 0 radical (unpaired) electrons. The molecule has 1 N–H and O–H groups in total. The number of hydrogen-bond acceptors (Lipinski definition) is 3. The van der Waals surface area contributed by atoms with Crippen LogP contribution in [0.4, 0.5) is 0 Å². The second kappa shape index (κ2) is 5.32. The summed E-state index contributed by atoms with van der Waals surface area (Å²) in [5.41, 5.74) is 0. The van der Waals surface area contributed by atoms with Crippen LogP contribution < -0.4 is 0 Å². The molecule has 0 aromatic rings. The molecule has 0 aliphatic carbocycles. The number of aliphatic hydroxyl groups is 1. The number of carbonyl (C=O) groups is 1. The molecule has 0 aromatic carbocycles. The van der Waals surface area contributed by atoms with Gasteiger partial charge in [-0.15, -0.1) is 0 Å². The smallest absolute Gasteiger partial charge is 0.219 e. The van der Waals surface area contributed by atoms with E-state index in [-0.39, 0.29) is 12.5 Å². The Labute approximate surface area is 85.5 Å². The zero-order valence-corrected chi connectivity index (χ0v) is 9.07. The molecule has 1 fully saturated rings. The maximum atomic E-state index is 11.2. The highest BCUT2D eigenvalue weighted by Crippen LogP contribution is 2.14. The van der Waals surface area contributed by atoms with E-state index in [1.54, 1.807) is 6.92 Å². The van der Waals surface area contributed by atoms with E-state index in [1.165, 1.54) is 0 Å². The van der Waals surface area contributed by atoms with Gasteiger partial charge in [-0.25, -0.2) is 0 Å². The lowest BCUT2D eigenvalue weighted by molar-refractivity contribution is -0.130. The summed E-state index contributed by atoms with van der Waals surface area (Å²) in [5, 5.41) is 8.83. The van der Waals surface area contributed by atoms with Gasteiger partial charge >= 0.3 is 0 Å². The SMILES string of the molecule is CC(=O)N(C)[C@@H]1CCCN(CCO)C1. The molecule has 1 heterocycles. The first kappa shape index (κ1) is 11.5. The Bertz CT molecular complexity index is 195. The second-order valence-electron chi connectivity index (χ2n) is 3.95. The van der Waals surface area contributed by atoms with Crippen molar-refractivity contribution in [1.82, 2.24) is 9.80 Å². The van der Waals surface area contributed by atoms with Crippen LogP contribution in [0, 0.1) is 0 Å². The molecule has 1 rings (SSSR count). The Kier molecular flexibility index (Phi) is 4.35. The van der Waals surface area contributed by atoms with Crippen LogP contribution in [0.5, 0.6) is 0 Å². The number of β-amino-alcohol motifs (C(OH)–C–C–N with tert-alkyl or cyclic N) is 1. The number of hydrogen-bond donors (Lipinski definition) is 1. The summed E-state index contributed by atoms with van der Waals surface area (Å²) in [7, 11) is 1.86. The van der Waals surface area contributed by atoms with Crippen molar-refractivity contribution in [2.75, 3.05) is 33.3 Å². The first-order chi connectivity index (χ1) is 6.65. The van der Waals surface area contributed by atoms with Crippen molar-refractivity contribution in [3.8, 4) is 0 Å². The third kappa shape index (κ3) is 2.96. The lowest BCUT2D eigenvalue weighted by atomic mass is 10.0. The van der Waals surface area contributed by atoms with Gasteiger partial charge in [-0.05, 0) is 19.4 Å². The highest BCUT2D eigenvalue weighted by molar-refractivity contribution is 5.73. The third-order valence-corrected chi connectivity index (χ3v) is 2.94. The molecular weight excluding hydrogens is 180 g/mol. The predicted molar refractivity (Wildman–Crippen MR) is 55.0 cm³/mol. The van der Waals surface area contributed by atoms with E-state index in [9.17, 15) is 4.79 Å².